The van der Waals surface area contributed by atoms with Crippen LogP contribution in [0.25, 0.3) is 0 Å². The molecule has 0 unspecified atom stereocenters. The summed E-state index contributed by atoms with van der Waals surface area (Å²) < 4.78 is 16.1. The van der Waals surface area contributed by atoms with Gasteiger partial charge < -0.3 is 19.3 Å². The Kier molecular flexibility index (Phi) is 6.61. The Hall–Kier alpha value is -0.600. The minimum Gasteiger partial charge on any atom is -0.378 e. The predicted molar refractivity (Wildman–Crippen MR) is 61.7 cm³/mol. The fourth-order valence-electron chi connectivity index (χ4n) is 1.03. The van der Waals surface area contributed by atoms with Gasteiger partial charge >= 0.3 is 5.97 Å². The Morgan fingerprint density at radius 2 is 1.25 bits per heavy atom. The summed E-state index contributed by atoms with van der Waals surface area (Å²) in [5, 5.41) is 9.55. The zero-order chi connectivity index (χ0) is 12.7. The lowest BCUT2D eigenvalue weighted by Gasteiger charge is -2.27. The topological polar surface area (TPSA) is 47.9 Å². The van der Waals surface area contributed by atoms with E-state index in [1.165, 1.54) is 0 Å². The average molecular weight is 230 g/mol. The monoisotopic (exact) mass is 230 g/mol. The van der Waals surface area contributed by atoms with Crippen LogP contribution in [0.1, 0.15) is 34.6 Å². The van der Waals surface area contributed by atoms with Gasteiger partial charge in [-0.15, -0.1) is 0 Å². The number of hydrogen-bond donors (Lipinski definition) is 1. The third kappa shape index (κ3) is 6.09. The van der Waals surface area contributed by atoms with Gasteiger partial charge in [0.05, 0.1) is 19.8 Å². The van der Waals surface area contributed by atoms with E-state index >= 15 is 0 Å². The number of hydrogen-bond acceptors (Lipinski definition) is 4. The molecule has 4 nitrogen and oxygen atoms in total. The van der Waals surface area contributed by atoms with Gasteiger partial charge in [0.25, 0.3) is 0 Å². The third-order valence-corrected chi connectivity index (χ3v) is 1.52. The third-order valence-electron chi connectivity index (χ3n) is 1.52. The second kappa shape index (κ2) is 6.87. The molecule has 0 aliphatic heterocycles. The molecule has 0 aliphatic carbocycles. The van der Waals surface area contributed by atoms with Crippen molar-refractivity contribution in [1.82, 2.24) is 0 Å². The lowest BCUT2D eigenvalue weighted by Crippen LogP contribution is -2.38. The summed E-state index contributed by atoms with van der Waals surface area (Å²) in [7, 11) is 0. The zero-order valence-electron chi connectivity index (χ0n) is 10.8. The van der Waals surface area contributed by atoms with Crippen molar-refractivity contribution < 1.29 is 19.3 Å². The van der Waals surface area contributed by atoms with Crippen molar-refractivity contribution in [3.8, 4) is 11.8 Å². The summed E-state index contributed by atoms with van der Waals surface area (Å²) in [4.78, 5) is 0. The van der Waals surface area contributed by atoms with Gasteiger partial charge in [-0.3, -0.25) is 0 Å². The molecule has 94 valence electrons. The molecule has 0 spiro atoms. The van der Waals surface area contributed by atoms with Gasteiger partial charge in [0, 0.05) is 0 Å². The number of rotatable bonds is 6. The molecule has 0 fully saturated rings. The Labute approximate surface area is 97.9 Å². The van der Waals surface area contributed by atoms with Crippen molar-refractivity contribution in [2.75, 3.05) is 19.8 Å². The number of ether oxygens (including phenoxy) is 3. The molecule has 0 saturated carbocycles. The molecule has 0 atom stereocenters. The van der Waals surface area contributed by atoms with E-state index in [4.69, 9.17) is 14.2 Å². The van der Waals surface area contributed by atoms with Gasteiger partial charge in [0.1, 0.15) is 5.60 Å². The van der Waals surface area contributed by atoms with Crippen LogP contribution in [-0.2, 0) is 14.2 Å². The van der Waals surface area contributed by atoms with Gasteiger partial charge in [-0.25, -0.2) is 0 Å². The van der Waals surface area contributed by atoms with Crippen LogP contribution in [0.3, 0.4) is 0 Å². The SMILES string of the molecule is CCOC(C#CC(C)(C)O)(OCC)OCC. The molecule has 0 aromatic heterocycles. The van der Waals surface area contributed by atoms with Crippen LogP contribution < -0.4 is 0 Å². The van der Waals surface area contributed by atoms with E-state index in [-0.39, 0.29) is 0 Å². The molecule has 0 rings (SSSR count). The van der Waals surface area contributed by atoms with E-state index in [0.717, 1.165) is 0 Å². The molecular formula is C12H22O4. The molecule has 0 radical (unpaired) electrons. The first kappa shape index (κ1) is 15.4. The highest BCUT2D eigenvalue weighted by atomic mass is 16.9. The average Bonchev–Trinajstić information content (AvgIpc) is 2.15. The maximum absolute atomic E-state index is 9.55. The highest BCUT2D eigenvalue weighted by Crippen LogP contribution is 2.15. The second-order valence-corrected chi connectivity index (χ2v) is 3.66. The molecule has 0 heterocycles. The molecule has 16 heavy (non-hydrogen) atoms. The Morgan fingerprint density at radius 1 is 0.875 bits per heavy atom. The van der Waals surface area contributed by atoms with E-state index in [1.807, 2.05) is 20.8 Å². The first-order valence-electron chi connectivity index (χ1n) is 5.57. The molecule has 0 aromatic rings. The maximum atomic E-state index is 9.55. The van der Waals surface area contributed by atoms with Crippen molar-refractivity contribution in [2.45, 2.75) is 46.2 Å². The largest absolute Gasteiger partial charge is 0.378 e. The van der Waals surface area contributed by atoms with Crippen LogP contribution in [0.15, 0.2) is 0 Å². The molecule has 0 amide bonds. The normalized spacial score (nSPS) is 12.1. The first-order chi connectivity index (χ1) is 7.39. The van der Waals surface area contributed by atoms with Crippen molar-refractivity contribution >= 4 is 0 Å². The maximum Gasteiger partial charge on any atom is 0.353 e. The summed E-state index contributed by atoms with van der Waals surface area (Å²) >= 11 is 0. The van der Waals surface area contributed by atoms with Crippen LogP contribution in [0.2, 0.25) is 0 Å². The van der Waals surface area contributed by atoms with Crippen LogP contribution in [0.5, 0.6) is 0 Å². The van der Waals surface area contributed by atoms with Gasteiger partial charge in [0.2, 0.25) is 0 Å². The van der Waals surface area contributed by atoms with Crippen molar-refractivity contribution in [3.05, 3.63) is 0 Å². The highest BCUT2D eigenvalue weighted by molar-refractivity contribution is 5.14. The standard InChI is InChI=1S/C12H22O4/c1-6-14-12(15-7-2,16-8-3)10-9-11(4,5)13/h13H,6-8H2,1-5H3. The molecule has 0 bridgehead atoms. The Balaban J connectivity index is 4.90. The lowest BCUT2D eigenvalue weighted by atomic mass is 10.1. The predicted octanol–water partition coefficient (Wildman–Crippen LogP) is 1.52. The Bertz CT molecular complexity index is 227. The van der Waals surface area contributed by atoms with Crippen molar-refractivity contribution in [2.24, 2.45) is 0 Å². The van der Waals surface area contributed by atoms with E-state index in [9.17, 15) is 5.11 Å². The summed E-state index contributed by atoms with van der Waals surface area (Å²) in [5.74, 6) is 3.99. The smallest absolute Gasteiger partial charge is 0.353 e. The molecule has 4 heteroatoms. The van der Waals surface area contributed by atoms with E-state index in [2.05, 4.69) is 11.8 Å². The summed E-state index contributed by atoms with van der Waals surface area (Å²) in [6.45, 7) is 9.93. The van der Waals surface area contributed by atoms with Crippen LogP contribution in [0, 0.1) is 11.8 Å². The number of aliphatic hydroxyl groups is 1. The van der Waals surface area contributed by atoms with Crippen LogP contribution in [-0.4, -0.2) is 36.5 Å². The molecule has 0 aromatic carbocycles. The summed E-state index contributed by atoms with van der Waals surface area (Å²) in [6.07, 6.45) is 0. The lowest BCUT2D eigenvalue weighted by molar-refractivity contribution is -0.339. The fraction of sp³-hybridized carbons (Fsp3) is 0.833. The molecule has 0 saturated heterocycles. The van der Waals surface area contributed by atoms with Gasteiger partial charge in [-0.05, 0) is 40.5 Å². The minimum atomic E-state index is -1.36. The molecule has 0 aliphatic rings. The van der Waals surface area contributed by atoms with E-state index in [1.54, 1.807) is 13.8 Å². The second-order valence-electron chi connectivity index (χ2n) is 3.66. The van der Waals surface area contributed by atoms with E-state index in [0.29, 0.717) is 19.8 Å². The van der Waals surface area contributed by atoms with Crippen molar-refractivity contribution in [3.63, 3.8) is 0 Å². The molecule has 1 N–H and O–H groups in total. The molecular weight excluding hydrogens is 208 g/mol. The minimum absolute atomic E-state index is 0.417. The summed E-state index contributed by atoms with van der Waals surface area (Å²) in [5.41, 5.74) is -1.10. The summed E-state index contributed by atoms with van der Waals surface area (Å²) in [6, 6.07) is 0. The van der Waals surface area contributed by atoms with Crippen LogP contribution in [0.4, 0.5) is 0 Å². The quantitative estimate of drug-likeness (QED) is 0.555. The van der Waals surface area contributed by atoms with Gasteiger partial charge in [-0.1, -0.05) is 5.92 Å². The van der Waals surface area contributed by atoms with Gasteiger partial charge in [0.15, 0.2) is 0 Å². The highest BCUT2D eigenvalue weighted by Gasteiger charge is 2.30. The van der Waals surface area contributed by atoms with Crippen LogP contribution >= 0.6 is 0 Å². The van der Waals surface area contributed by atoms with Crippen molar-refractivity contribution in [1.29, 1.82) is 0 Å². The Morgan fingerprint density at radius 3 is 1.50 bits per heavy atom. The first-order valence-corrected chi connectivity index (χ1v) is 5.57. The van der Waals surface area contributed by atoms with Gasteiger partial charge in [-0.2, -0.15) is 0 Å². The van der Waals surface area contributed by atoms with E-state index < -0.39 is 11.6 Å². The zero-order valence-corrected chi connectivity index (χ0v) is 10.8. The fourth-order valence-corrected chi connectivity index (χ4v) is 1.03.